The molecule has 0 aliphatic rings. The predicted molar refractivity (Wildman–Crippen MR) is 93.8 cm³/mol. The highest BCUT2D eigenvalue weighted by Crippen LogP contribution is 2.13. The van der Waals surface area contributed by atoms with Crippen molar-refractivity contribution in [1.29, 1.82) is 0 Å². The number of anilines is 1. The molecule has 0 aliphatic heterocycles. The summed E-state index contributed by atoms with van der Waals surface area (Å²) in [5.74, 6) is 2.54. The van der Waals surface area contributed by atoms with E-state index in [9.17, 15) is 4.79 Å². The van der Waals surface area contributed by atoms with Crippen LogP contribution in [0.1, 0.15) is 22.5 Å². The number of terminal acetylenes is 1. The third kappa shape index (κ3) is 4.37. The van der Waals surface area contributed by atoms with Crippen molar-refractivity contribution >= 4 is 11.7 Å². The molecule has 6 nitrogen and oxygen atoms in total. The number of aromatic nitrogens is 2. The number of rotatable bonds is 6. The van der Waals surface area contributed by atoms with Crippen molar-refractivity contribution in [2.24, 2.45) is 0 Å². The van der Waals surface area contributed by atoms with Gasteiger partial charge in [0.15, 0.2) is 0 Å². The van der Waals surface area contributed by atoms with E-state index in [1.165, 1.54) is 0 Å². The van der Waals surface area contributed by atoms with E-state index < -0.39 is 0 Å². The second-order valence-corrected chi connectivity index (χ2v) is 5.40. The molecule has 0 saturated heterocycles. The van der Waals surface area contributed by atoms with Crippen molar-refractivity contribution in [1.82, 2.24) is 15.1 Å². The molecule has 0 saturated carbocycles. The van der Waals surface area contributed by atoms with Crippen molar-refractivity contribution in [2.75, 3.05) is 19.0 Å². The van der Waals surface area contributed by atoms with Crippen molar-refractivity contribution in [2.45, 2.75) is 26.9 Å². The molecule has 0 fully saturated rings. The van der Waals surface area contributed by atoms with E-state index in [-0.39, 0.29) is 6.03 Å². The summed E-state index contributed by atoms with van der Waals surface area (Å²) >= 11 is 0. The van der Waals surface area contributed by atoms with Gasteiger partial charge in [0.25, 0.3) is 0 Å². The fraction of sp³-hybridized carbons (Fsp3) is 0.333. The third-order valence-electron chi connectivity index (χ3n) is 3.75. The molecule has 24 heavy (non-hydrogen) atoms. The third-order valence-corrected chi connectivity index (χ3v) is 3.75. The number of carbonyl (C=O) groups excluding carboxylic acids is 1. The number of hydrogen-bond acceptors (Lipinski definition) is 3. The minimum absolute atomic E-state index is 0.285. The quantitative estimate of drug-likeness (QED) is 0.801. The van der Waals surface area contributed by atoms with Gasteiger partial charge in [-0.25, -0.2) is 4.79 Å². The molecule has 1 aromatic carbocycles. The Kier molecular flexibility index (Phi) is 5.99. The van der Waals surface area contributed by atoms with Crippen LogP contribution < -0.4 is 10.6 Å². The van der Waals surface area contributed by atoms with Crippen LogP contribution in [0.25, 0.3) is 0 Å². The Hall–Kier alpha value is -2.78. The second-order valence-electron chi connectivity index (χ2n) is 5.40. The first-order chi connectivity index (χ1) is 11.5. The fourth-order valence-corrected chi connectivity index (χ4v) is 2.42. The average Bonchev–Trinajstić information content (AvgIpc) is 2.85. The lowest BCUT2D eigenvalue weighted by Gasteiger charge is -2.09. The standard InChI is InChI=1S/C18H22N4O2/c1-5-15-7-6-8-16(11-15)20-18(23)19-12-17-13(2)21-22(14(17)3)9-10-24-4/h1,6-8,11H,9-10,12H2,2-4H3,(H2,19,20,23). The largest absolute Gasteiger partial charge is 0.383 e. The predicted octanol–water partition coefficient (Wildman–Crippen LogP) is 2.45. The smallest absolute Gasteiger partial charge is 0.319 e. The molecular formula is C18H22N4O2. The van der Waals surface area contributed by atoms with Crippen LogP contribution in [0, 0.1) is 26.2 Å². The maximum absolute atomic E-state index is 12.1. The number of amides is 2. The molecule has 2 amide bonds. The van der Waals surface area contributed by atoms with E-state index in [4.69, 9.17) is 11.2 Å². The molecule has 2 rings (SSSR count). The molecule has 1 heterocycles. The maximum Gasteiger partial charge on any atom is 0.319 e. The van der Waals surface area contributed by atoms with Crippen LogP contribution in [0.15, 0.2) is 24.3 Å². The molecule has 0 atom stereocenters. The Morgan fingerprint density at radius 3 is 2.92 bits per heavy atom. The van der Waals surface area contributed by atoms with Gasteiger partial charge in [0.1, 0.15) is 0 Å². The second kappa shape index (κ2) is 8.18. The zero-order valence-electron chi connectivity index (χ0n) is 14.2. The first-order valence-electron chi connectivity index (χ1n) is 7.68. The summed E-state index contributed by atoms with van der Waals surface area (Å²) < 4.78 is 6.97. The van der Waals surface area contributed by atoms with Crippen molar-refractivity contribution in [3.05, 3.63) is 46.8 Å². The molecule has 0 unspecified atom stereocenters. The summed E-state index contributed by atoms with van der Waals surface area (Å²) in [6, 6.07) is 6.87. The maximum atomic E-state index is 12.1. The van der Waals surface area contributed by atoms with E-state index in [0.29, 0.717) is 25.4 Å². The van der Waals surface area contributed by atoms with Crippen LogP contribution in [-0.2, 0) is 17.8 Å². The van der Waals surface area contributed by atoms with E-state index in [0.717, 1.165) is 22.5 Å². The lowest BCUT2D eigenvalue weighted by molar-refractivity contribution is 0.182. The van der Waals surface area contributed by atoms with Crippen LogP contribution in [0.4, 0.5) is 10.5 Å². The van der Waals surface area contributed by atoms with Crippen LogP contribution in [0.3, 0.4) is 0 Å². The topological polar surface area (TPSA) is 68.2 Å². The van der Waals surface area contributed by atoms with E-state index >= 15 is 0 Å². The summed E-state index contributed by atoms with van der Waals surface area (Å²) in [5.41, 5.74) is 4.32. The van der Waals surface area contributed by atoms with Crippen LogP contribution in [0.5, 0.6) is 0 Å². The lowest BCUT2D eigenvalue weighted by Crippen LogP contribution is -2.28. The molecule has 0 aliphatic carbocycles. The summed E-state index contributed by atoms with van der Waals surface area (Å²) in [4.78, 5) is 12.1. The van der Waals surface area contributed by atoms with E-state index in [1.54, 1.807) is 25.3 Å². The number of benzene rings is 1. The molecule has 0 radical (unpaired) electrons. The van der Waals surface area contributed by atoms with Crippen molar-refractivity contribution in [3.8, 4) is 12.3 Å². The highest BCUT2D eigenvalue weighted by Gasteiger charge is 2.12. The molecule has 0 spiro atoms. The van der Waals surface area contributed by atoms with Gasteiger partial charge in [0, 0.05) is 36.2 Å². The minimum atomic E-state index is -0.285. The van der Waals surface area contributed by atoms with Crippen LogP contribution in [0.2, 0.25) is 0 Å². The zero-order valence-corrected chi connectivity index (χ0v) is 14.2. The van der Waals surface area contributed by atoms with Gasteiger partial charge in [-0.2, -0.15) is 5.10 Å². The highest BCUT2D eigenvalue weighted by molar-refractivity contribution is 5.89. The van der Waals surface area contributed by atoms with E-state index in [1.807, 2.05) is 24.6 Å². The summed E-state index contributed by atoms with van der Waals surface area (Å²) in [6.45, 7) is 5.61. The Morgan fingerprint density at radius 2 is 2.21 bits per heavy atom. The first kappa shape index (κ1) is 17.6. The summed E-state index contributed by atoms with van der Waals surface area (Å²) in [5, 5.41) is 10.1. The van der Waals surface area contributed by atoms with Gasteiger partial charge in [-0.1, -0.05) is 12.0 Å². The SMILES string of the molecule is C#Cc1cccc(NC(=O)NCc2c(C)nn(CCOC)c2C)c1. The van der Waals surface area contributed by atoms with Crippen LogP contribution >= 0.6 is 0 Å². The number of aryl methyl sites for hydroxylation is 1. The fourth-order valence-electron chi connectivity index (χ4n) is 2.42. The number of carbonyl (C=O) groups is 1. The van der Waals surface area contributed by atoms with E-state index in [2.05, 4.69) is 21.7 Å². The van der Waals surface area contributed by atoms with Gasteiger partial charge >= 0.3 is 6.03 Å². The van der Waals surface area contributed by atoms with Gasteiger partial charge in [-0.05, 0) is 32.0 Å². The molecular weight excluding hydrogens is 304 g/mol. The Bertz CT molecular complexity index is 759. The Balaban J connectivity index is 1.96. The van der Waals surface area contributed by atoms with Gasteiger partial charge in [-0.15, -0.1) is 6.42 Å². The van der Waals surface area contributed by atoms with Crippen molar-refractivity contribution in [3.63, 3.8) is 0 Å². The molecule has 0 bridgehead atoms. The van der Waals surface area contributed by atoms with Crippen molar-refractivity contribution < 1.29 is 9.53 Å². The Morgan fingerprint density at radius 1 is 1.42 bits per heavy atom. The molecule has 1 aromatic heterocycles. The molecule has 6 heteroatoms. The molecule has 2 aromatic rings. The number of urea groups is 1. The van der Waals surface area contributed by atoms with Crippen LogP contribution in [-0.4, -0.2) is 29.5 Å². The summed E-state index contributed by atoms with van der Waals surface area (Å²) in [6.07, 6.45) is 5.36. The van der Waals surface area contributed by atoms with Gasteiger partial charge in [0.2, 0.25) is 0 Å². The normalized spacial score (nSPS) is 10.2. The molecule has 126 valence electrons. The van der Waals surface area contributed by atoms with Gasteiger partial charge < -0.3 is 15.4 Å². The number of nitrogens with one attached hydrogen (secondary N) is 2. The number of ether oxygens (including phenoxy) is 1. The average molecular weight is 326 g/mol. The summed E-state index contributed by atoms with van der Waals surface area (Å²) in [7, 11) is 1.66. The number of nitrogens with zero attached hydrogens (tertiary/aromatic N) is 2. The minimum Gasteiger partial charge on any atom is -0.383 e. The zero-order chi connectivity index (χ0) is 17.5. The van der Waals surface area contributed by atoms with Gasteiger partial charge in [0.05, 0.1) is 18.8 Å². The lowest BCUT2D eigenvalue weighted by atomic mass is 10.2. The number of hydrogen-bond donors (Lipinski definition) is 2. The Labute approximate surface area is 142 Å². The number of methoxy groups -OCH3 is 1. The highest BCUT2D eigenvalue weighted by atomic mass is 16.5. The van der Waals surface area contributed by atoms with Gasteiger partial charge in [-0.3, -0.25) is 4.68 Å². The monoisotopic (exact) mass is 326 g/mol. The first-order valence-corrected chi connectivity index (χ1v) is 7.68. The molecule has 2 N–H and O–H groups in total.